The summed E-state index contributed by atoms with van der Waals surface area (Å²) >= 11 is 0. The van der Waals surface area contributed by atoms with Gasteiger partial charge in [0.05, 0.1) is 0 Å². The maximum atomic E-state index is 3.55. The van der Waals surface area contributed by atoms with Gasteiger partial charge in [0.1, 0.15) is 0 Å². The first-order chi connectivity index (χ1) is 10.2. The largest absolute Gasteiger partial charge is 0.316 e. The molecular weight excluding hydrogens is 258 g/mol. The quantitative estimate of drug-likeness (QED) is 0.779. The van der Waals surface area contributed by atoms with Crippen LogP contribution in [0.5, 0.6) is 0 Å². The van der Waals surface area contributed by atoms with Crippen LogP contribution >= 0.6 is 0 Å². The van der Waals surface area contributed by atoms with Crippen LogP contribution < -0.4 is 5.32 Å². The first-order valence-electron chi connectivity index (χ1n) is 9.34. The van der Waals surface area contributed by atoms with E-state index in [2.05, 4.69) is 35.9 Å². The summed E-state index contributed by atoms with van der Waals surface area (Å²) in [6.07, 6.45) is 8.36. The van der Waals surface area contributed by atoms with Crippen molar-refractivity contribution in [2.45, 2.75) is 65.3 Å². The van der Waals surface area contributed by atoms with Gasteiger partial charge in [-0.3, -0.25) is 0 Å². The fourth-order valence-corrected chi connectivity index (χ4v) is 3.99. The van der Waals surface area contributed by atoms with Crippen molar-refractivity contribution in [3.05, 3.63) is 0 Å². The van der Waals surface area contributed by atoms with Crippen molar-refractivity contribution in [1.82, 2.24) is 15.1 Å². The normalized spacial score (nSPS) is 25.9. The molecule has 2 aliphatic rings. The third kappa shape index (κ3) is 5.22. The highest BCUT2D eigenvalue weighted by molar-refractivity contribution is 4.85. The smallest absolute Gasteiger partial charge is 0.0120 e. The van der Waals surface area contributed by atoms with Gasteiger partial charge >= 0.3 is 0 Å². The number of hydrogen-bond donors (Lipinski definition) is 1. The predicted molar refractivity (Wildman–Crippen MR) is 91.8 cm³/mol. The van der Waals surface area contributed by atoms with Gasteiger partial charge < -0.3 is 15.1 Å². The van der Waals surface area contributed by atoms with Crippen LogP contribution in [-0.4, -0.2) is 61.7 Å². The Morgan fingerprint density at radius 2 is 1.67 bits per heavy atom. The van der Waals surface area contributed by atoms with E-state index in [-0.39, 0.29) is 0 Å². The van der Waals surface area contributed by atoms with Crippen molar-refractivity contribution in [3.63, 3.8) is 0 Å². The highest BCUT2D eigenvalue weighted by Gasteiger charge is 2.29. The number of piperidine rings is 2. The Kier molecular flexibility index (Phi) is 6.97. The fourth-order valence-electron chi connectivity index (χ4n) is 3.99. The summed E-state index contributed by atoms with van der Waals surface area (Å²) in [7, 11) is 0. The van der Waals surface area contributed by atoms with Crippen LogP contribution in [0.4, 0.5) is 0 Å². The molecule has 1 unspecified atom stereocenters. The van der Waals surface area contributed by atoms with Crippen molar-refractivity contribution >= 4 is 0 Å². The lowest BCUT2D eigenvalue weighted by atomic mass is 9.86. The number of nitrogens with one attached hydrogen (secondary N) is 1. The van der Waals surface area contributed by atoms with Crippen LogP contribution in [0.2, 0.25) is 0 Å². The van der Waals surface area contributed by atoms with Crippen LogP contribution in [0.25, 0.3) is 0 Å². The number of hydrogen-bond acceptors (Lipinski definition) is 3. The molecule has 0 aromatic heterocycles. The minimum atomic E-state index is 0.438. The first kappa shape index (κ1) is 17.2. The molecule has 2 heterocycles. The zero-order chi connectivity index (χ0) is 15.1. The highest BCUT2D eigenvalue weighted by Crippen LogP contribution is 2.26. The summed E-state index contributed by atoms with van der Waals surface area (Å²) in [5.74, 6) is 0. The van der Waals surface area contributed by atoms with Crippen molar-refractivity contribution in [3.8, 4) is 0 Å². The predicted octanol–water partition coefficient (Wildman–Crippen LogP) is 2.96. The Balaban J connectivity index is 1.74. The highest BCUT2D eigenvalue weighted by atomic mass is 15.2. The minimum absolute atomic E-state index is 0.438. The Labute approximate surface area is 132 Å². The van der Waals surface area contributed by atoms with Gasteiger partial charge in [0.2, 0.25) is 0 Å². The molecule has 2 saturated heterocycles. The average molecular weight is 296 g/mol. The molecule has 2 aliphatic heterocycles. The Hall–Kier alpha value is -0.120. The van der Waals surface area contributed by atoms with Gasteiger partial charge in [-0.2, -0.15) is 0 Å². The lowest BCUT2D eigenvalue weighted by Gasteiger charge is -2.43. The molecule has 0 aromatic carbocycles. The van der Waals surface area contributed by atoms with Crippen molar-refractivity contribution in [2.24, 2.45) is 5.41 Å². The third-order valence-corrected chi connectivity index (χ3v) is 5.72. The zero-order valence-corrected chi connectivity index (χ0v) is 14.7. The van der Waals surface area contributed by atoms with Gasteiger partial charge in [0, 0.05) is 19.1 Å². The monoisotopic (exact) mass is 295 g/mol. The van der Waals surface area contributed by atoms with Crippen molar-refractivity contribution in [2.75, 3.05) is 45.8 Å². The second-order valence-corrected chi connectivity index (χ2v) is 7.55. The van der Waals surface area contributed by atoms with Crippen LogP contribution in [-0.2, 0) is 0 Å². The second kappa shape index (κ2) is 8.50. The van der Waals surface area contributed by atoms with Gasteiger partial charge in [0.25, 0.3) is 0 Å². The molecule has 2 rings (SSSR count). The Morgan fingerprint density at radius 3 is 2.24 bits per heavy atom. The molecule has 21 heavy (non-hydrogen) atoms. The summed E-state index contributed by atoms with van der Waals surface area (Å²) in [5, 5.41) is 3.55. The average Bonchev–Trinajstić information content (AvgIpc) is 2.54. The molecule has 0 amide bonds. The topological polar surface area (TPSA) is 18.5 Å². The van der Waals surface area contributed by atoms with Gasteiger partial charge in [-0.05, 0) is 70.2 Å². The molecule has 0 aromatic rings. The van der Waals surface area contributed by atoms with E-state index in [0.717, 1.165) is 19.1 Å². The molecule has 2 fully saturated rings. The fraction of sp³-hybridized carbons (Fsp3) is 1.00. The van der Waals surface area contributed by atoms with Crippen molar-refractivity contribution in [1.29, 1.82) is 0 Å². The maximum absolute atomic E-state index is 3.55. The van der Waals surface area contributed by atoms with Crippen LogP contribution in [0.1, 0.15) is 59.3 Å². The molecule has 124 valence electrons. The molecular formula is C18H37N3. The Morgan fingerprint density at radius 1 is 1.00 bits per heavy atom. The Bertz CT molecular complexity index is 280. The molecule has 3 heteroatoms. The van der Waals surface area contributed by atoms with Crippen molar-refractivity contribution < 1.29 is 0 Å². The molecule has 0 bridgehead atoms. The summed E-state index contributed by atoms with van der Waals surface area (Å²) < 4.78 is 0. The van der Waals surface area contributed by atoms with E-state index >= 15 is 0 Å². The van der Waals surface area contributed by atoms with E-state index in [1.54, 1.807) is 0 Å². The van der Waals surface area contributed by atoms with E-state index in [1.807, 2.05) is 0 Å². The summed E-state index contributed by atoms with van der Waals surface area (Å²) in [5.41, 5.74) is 0.438. The summed E-state index contributed by atoms with van der Waals surface area (Å²) in [4.78, 5) is 5.50. The molecule has 1 atom stereocenters. The maximum Gasteiger partial charge on any atom is 0.0120 e. The van der Waals surface area contributed by atoms with Gasteiger partial charge in [-0.1, -0.05) is 27.2 Å². The van der Waals surface area contributed by atoms with E-state index in [4.69, 9.17) is 0 Å². The van der Waals surface area contributed by atoms with E-state index in [9.17, 15) is 0 Å². The SMILES string of the molecule is CCNCC(C)(CC)CN1CCC(N2CCCCC2)CC1. The lowest BCUT2D eigenvalue weighted by Crippen LogP contribution is -2.50. The van der Waals surface area contributed by atoms with E-state index < -0.39 is 0 Å². The van der Waals surface area contributed by atoms with Crippen LogP contribution in [0.15, 0.2) is 0 Å². The zero-order valence-electron chi connectivity index (χ0n) is 14.7. The number of rotatable bonds is 7. The van der Waals surface area contributed by atoms with Gasteiger partial charge in [-0.15, -0.1) is 0 Å². The summed E-state index contributed by atoms with van der Waals surface area (Å²) in [6, 6.07) is 0.878. The van der Waals surface area contributed by atoms with Gasteiger partial charge in [-0.25, -0.2) is 0 Å². The number of likely N-dealkylation sites (tertiary alicyclic amines) is 2. The van der Waals surface area contributed by atoms with Gasteiger partial charge in [0.15, 0.2) is 0 Å². The minimum Gasteiger partial charge on any atom is -0.316 e. The number of nitrogens with zero attached hydrogens (tertiary/aromatic N) is 2. The molecule has 1 N–H and O–H groups in total. The first-order valence-corrected chi connectivity index (χ1v) is 9.34. The second-order valence-electron chi connectivity index (χ2n) is 7.55. The van der Waals surface area contributed by atoms with Crippen LogP contribution in [0, 0.1) is 5.41 Å². The molecule has 0 aliphatic carbocycles. The molecule has 0 spiro atoms. The third-order valence-electron chi connectivity index (χ3n) is 5.72. The molecule has 3 nitrogen and oxygen atoms in total. The van der Waals surface area contributed by atoms with Crippen LogP contribution in [0.3, 0.4) is 0 Å². The molecule has 0 radical (unpaired) electrons. The van der Waals surface area contributed by atoms with E-state index in [0.29, 0.717) is 5.41 Å². The molecule has 0 saturated carbocycles. The van der Waals surface area contributed by atoms with E-state index in [1.165, 1.54) is 71.2 Å². The lowest BCUT2D eigenvalue weighted by molar-refractivity contribution is 0.0692. The summed E-state index contributed by atoms with van der Waals surface area (Å²) in [6.45, 7) is 15.9. The standard InChI is InChI=1S/C18H37N3/c1-4-18(3,15-19-5-2)16-20-13-9-17(10-14-20)21-11-7-6-8-12-21/h17,19H,4-16H2,1-3H3.